The second kappa shape index (κ2) is 11.4. The number of nitrogens with one attached hydrogen (secondary N) is 1. The Bertz CT molecular complexity index is 546. The van der Waals surface area contributed by atoms with Crippen LogP contribution in [0.1, 0.15) is 33.6 Å². The Morgan fingerprint density at radius 2 is 1.57 bits per heavy atom. The molecule has 1 N–H and O–H groups in total. The number of rotatable bonds is 2. The Morgan fingerprint density at radius 3 is 2.00 bits per heavy atom. The lowest BCUT2D eigenvalue weighted by Crippen LogP contribution is -2.46. The molecule has 2 aliphatic heterocycles. The van der Waals surface area contributed by atoms with Gasteiger partial charge in [0, 0.05) is 6.54 Å². The van der Waals surface area contributed by atoms with Crippen molar-refractivity contribution in [3.63, 3.8) is 0 Å². The van der Waals surface area contributed by atoms with Gasteiger partial charge in [0.2, 0.25) is 0 Å². The Labute approximate surface area is 169 Å². The SMILES string of the molecule is COC(=O)[C@@H]1[C@@H](F)CCN1C(=O)OC(C)(C)C.COC(=O)[C@H]1NCC[C@@H]1F.Cl. The van der Waals surface area contributed by atoms with Gasteiger partial charge in [-0.25, -0.2) is 18.4 Å². The minimum absolute atomic E-state index is 0. The van der Waals surface area contributed by atoms with E-state index >= 15 is 0 Å². The molecule has 0 aromatic carbocycles. The summed E-state index contributed by atoms with van der Waals surface area (Å²) in [5, 5.41) is 2.71. The van der Waals surface area contributed by atoms with Gasteiger partial charge in [0.1, 0.15) is 24.0 Å². The molecule has 11 heteroatoms. The van der Waals surface area contributed by atoms with Crippen LogP contribution in [0.3, 0.4) is 0 Å². The lowest BCUT2D eigenvalue weighted by atomic mass is 10.2. The van der Waals surface area contributed by atoms with E-state index < -0.39 is 48.1 Å². The molecular weight excluding hydrogens is 402 g/mol. The minimum Gasteiger partial charge on any atom is -0.468 e. The fourth-order valence-electron chi connectivity index (χ4n) is 2.70. The lowest BCUT2D eigenvalue weighted by molar-refractivity contribution is -0.147. The molecule has 0 aromatic heterocycles. The zero-order chi connectivity index (χ0) is 20.8. The molecule has 0 spiro atoms. The molecule has 164 valence electrons. The van der Waals surface area contributed by atoms with E-state index in [9.17, 15) is 23.2 Å². The van der Waals surface area contributed by atoms with Crippen LogP contribution in [-0.4, -0.2) is 80.3 Å². The van der Waals surface area contributed by atoms with Crippen molar-refractivity contribution in [2.75, 3.05) is 27.3 Å². The van der Waals surface area contributed by atoms with E-state index in [1.54, 1.807) is 20.8 Å². The van der Waals surface area contributed by atoms with Crippen LogP contribution in [0.25, 0.3) is 0 Å². The Hall–Kier alpha value is -1.68. The molecule has 0 unspecified atom stereocenters. The van der Waals surface area contributed by atoms with Gasteiger partial charge in [-0.05, 0) is 40.2 Å². The summed E-state index contributed by atoms with van der Waals surface area (Å²) >= 11 is 0. The normalized spacial score (nSPS) is 26.5. The summed E-state index contributed by atoms with van der Waals surface area (Å²) in [6, 6.07) is -1.92. The predicted molar refractivity (Wildman–Crippen MR) is 98.8 cm³/mol. The van der Waals surface area contributed by atoms with Crippen molar-refractivity contribution in [3.05, 3.63) is 0 Å². The number of nitrogens with zero attached hydrogens (tertiary/aromatic N) is 1. The molecule has 28 heavy (non-hydrogen) atoms. The van der Waals surface area contributed by atoms with Crippen LogP contribution in [0.5, 0.6) is 0 Å². The van der Waals surface area contributed by atoms with E-state index in [2.05, 4.69) is 14.8 Å². The van der Waals surface area contributed by atoms with Gasteiger partial charge < -0.3 is 19.5 Å². The zero-order valence-electron chi connectivity index (χ0n) is 16.7. The molecule has 4 atom stereocenters. The molecule has 1 amide bonds. The van der Waals surface area contributed by atoms with Gasteiger partial charge in [-0.15, -0.1) is 12.4 Å². The number of ether oxygens (including phenoxy) is 3. The first kappa shape index (κ1) is 26.3. The fourth-order valence-corrected chi connectivity index (χ4v) is 2.70. The summed E-state index contributed by atoms with van der Waals surface area (Å²) in [5.74, 6) is -1.26. The highest BCUT2D eigenvalue weighted by Crippen LogP contribution is 2.24. The van der Waals surface area contributed by atoms with E-state index in [1.807, 2.05) is 0 Å². The van der Waals surface area contributed by atoms with Crippen LogP contribution >= 0.6 is 12.4 Å². The quantitative estimate of drug-likeness (QED) is 0.527. The van der Waals surface area contributed by atoms with Crippen molar-refractivity contribution in [2.24, 2.45) is 0 Å². The average Bonchev–Trinajstić information content (AvgIpc) is 3.18. The van der Waals surface area contributed by atoms with Crippen molar-refractivity contribution >= 4 is 30.4 Å². The maximum atomic E-state index is 13.5. The number of esters is 2. The van der Waals surface area contributed by atoms with Gasteiger partial charge in [0.15, 0.2) is 6.04 Å². The van der Waals surface area contributed by atoms with Gasteiger partial charge in [-0.2, -0.15) is 0 Å². The smallest absolute Gasteiger partial charge is 0.411 e. The zero-order valence-corrected chi connectivity index (χ0v) is 17.5. The highest BCUT2D eigenvalue weighted by Gasteiger charge is 2.44. The molecule has 2 fully saturated rings. The van der Waals surface area contributed by atoms with Crippen LogP contribution < -0.4 is 5.32 Å². The van der Waals surface area contributed by atoms with Gasteiger partial charge >= 0.3 is 18.0 Å². The maximum Gasteiger partial charge on any atom is 0.411 e. The Morgan fingerprint density at radius 1 is 1.00 bits per heavy atom. The highest BCUT2D eigenvalue weighted by molar-refractivity contribution is 5.85. The summed E-state index contributed by atoms with van der Waals surface area (Å²) < 4.78 is 40.1. The Balaban J connectivity index is 0.000000567. The number of amides is 1. The molecule has 0 bridgehead atoms. The first-order chi connectivity index (χ1) is 12.5. The first-order valence-corrected chi connectivity index (χ1v) is 8.68. The van der Waals surface area contributed by atoms with Crippen molar-refractivity contribution in [2.45, 2.75) is 63.6 Å². The van der Waals surface area contributed by atoms with E-state index in [-0.39, 0.29) is 25.4 Å². The number of hydrogen-bond donors (Lipinski definition) is 1. The molecule has 2 aliphatic rings. The average molecular weight is 431 g/mol. The molecule has 0 saturated carbocycles. The third-order valence-electron chi connectivity index (χ3n) is 4.00. The summed E-state index contributed by atoms with van der Waals surface area (Å²) in [6.07, 6.45) is -2.63. The number of carbonyl (C=O) groups is 3. The predicted octanol–water partition coefficient (Wildman–Crippen LogP) is 1.79. The van der Waals surface area contributed by atoms with Crippen molar-refractivity contribution in [1.29, 1.82) is 0 Å². The summed E-state index contributed by atoms with van der Waals surface area (Å²) in [4.78, 5) is 34.9. The highest BCUT2D eigenvalue weighted by atomic mass is 35.5. The van der Waals surface area contributed by atoms with Crippen molar-refractivity contribution < 1.29 is 37.4 Å². The van der Waals surface area contributed by atoms with Crippen LogP contribution in [0, 0.1) is 0 Å². The molecule has 2 saturated heterocycles. The lowest BCUT2D eigenvalue weighted by Gasteiger charge is -2.27. The summed E-state index contributed by atoms with van der Waals surface area (Å²) in [5.41, 5.74) is -0.674. The summed E-state index contributed by atoms with van der Waals surface area (Å²) in [7, 11) is 2.43. The second-order valence-corrected chi connectivity index (χ2v) is 7.21. The van der Waals surface area contributed by atoms with Gasteiger partial charge in [-0.3, -0.25) is 9.69 Å². The van der Waals surface area contributed by atoms with Crippen LogP contribution in [0.4, 0.5) is 13.6 Å². The number of alkyl halides is 2. The fraction of sp³-hybridized carbons (Fsp3) is 0.824. The number of methoxy groups -OCH3 is 2. The number of hydrogen-bond acceptors (Lipinski definition) is 7. The largest absolute Gasteiger partial charge is 0.468 e. The van der Waals surface area contributed by atoms with Crippen LogP contribution in [0.2, 0.25) is 0 Å². The third-order valence-corrected chi connectivity index (χ3v) is 4.00. The molecule has 2 rings (SSSR count). The Kier molecular flexibility index (Phi) is 10.7. The topological polar surface area (TPSA) is 94.2 Å². The van der Waals surface area contributed by atoms with Crippen molar-refractivity contribution in [3.8, 4) is 0 Å². The number of halogens is 3. The molecule has 0 aromatic rings. The van der Waals surface area contributed by atoms with Gasteiger partial charge in [0.25, 0.3) is 0 Å². The van der Waals surface area contributed by atoms with E-state index in [0.717, 1.165) is 4.90 Å². The minimum atomic E-state index is -1.39. The van der Waals surface area contributed by atoms with E-state index in [1.165, 1.54) is 14.2 Å². The molecule has 0 radical (unpaired) electrons. The van der Waals surface area contributed by atoms with Gasteiger partial charge in [-0.1, -0.05) is 0 Å². The molecule has 8 nitrogen and oxygen atoms in total. The van der Waals surface area contributed by atoms with E-state index in [4.69, 9.17) is 4.74 Å². The number of carbonyl (C=O) groups excluding carboxylic acids is 3. The standard InChI is InChI=1S/C11H18FNO4.C6H10FNO2.ClH/c1-11(2,3)17-10(15)13-6-5-7(12)8(13)9(14)16-4;1-10-6(9)5-4(7)2-3-8-5;/h7-8H,5-6H2,1-4H3;4-5,8H,2-3H2,1H3;1H/t7-,8-;4-,5-;/m00./s1. The molecule has 2 heterocycles. The van der Waals surface area contributed by atoms with E-state index in [0.29, 0.717) is 13.0 Å². The molecular formula is C17H29ClF2N2O6. The molecule has 0 aliphatic carbocycles. The van der Waals surface area contributed by atoms with Crippen LogP contribution in [-0.2, 0) is 23.8 Å². The summed E-state index contributed by atoms with van der Waals surface area (Å²) in [6.45, 7) is 5.85. The second-order valence-electron chi connectivity index (χ2n) is 7.21. The van der Waals surface area contributed by atoms with Crippen LogP contribution in [0.15, 0.2) is 0 Å². The maximum absolute atomic E-state index is 13.5. The monoisotopic (exact) mass is 430 g/mol. The third kappa shape index (κ3) is 7.38. The van der Waals surface area contributed by atoms with Gasteiger partial charge in [0.05, 0.1) is 14.2 Å². The number of likely N-dealkylation sites (tertiary alicyclic amines) is 1. The van der Waals surface area contributed by atoms with Crippen molar-refractivity contribution in [1.82, 2.24) is 10.2 Å². The first-order valence-electron chi connectivity index (χ1n) is 8.68.